The van der Waals surface area contributed by atoms with Crippen LogP contribution in [0.25, 0.3) is 0 Å². The van der Waals surface area contributed by atoms with Crippen LogP contribution in [0, 0.1) is 0 Å². The molecule has 0 heterocycles. The van der Waals surface area contributed by atoms with E-state index < -0.39 is 9.04 Å². The smallest absolute Gasteiger partial charge is 0.289 e. The average Bonchev–Trinajstić information content (AvgIpc) is 1.87. The van der Waals surface area contributed by atoms with Crippen LogP contribution in [-0.4, -0.2) is 15.0 Å². The van der Waals surface area contributed by atoms with Crippen LogP contribution < -0.4 is 0 Å². The second-order valence-corrected chi connectivity index (χ2v) is 5.44. The van der Waals surface area contributed by atoms with Gasteiger partial charge in [0.25, 0.3) is 5.97 Å². The summed E-state index contributed by atoms with van der Waals surface area (Å²) >= 11 is 0. The number of carbonyl (C=O) groups is 1. The summed E-state index contributed by atoms with van der Waals surface area (Å²) in [7, 11) is -1.14. The van der Waals surface area contributed by atoms with Gasteiger partial charge in [-0.2, -0.15) is 0 Å². The molecule has 0 aromatic rings. The molecule has 0 N–H and O–H groups in total. The van der Waals surface area contributed by atoms with E-state index in [1.807, 2.05) is 0 Å². The molecular weight excluding hydrogens is 156 g/mol. The summed E-state index contributed by atoms with van der Waals surface area (Å²) in [5.74, 6) is -0.0939. The lowest BCUT2D eigenvalue weighted by molar-refractivity contribution is -0.132. The Morgan fingerprint density at radius 1 is 1.27 bits per heavy atom. The molecule has 66 valence electrons. The fraction of sp³-hybridized carbons (Fsp3) is 0.875. The number of rotatable bonds is 5. The summed E-state index contributed by atoms with van der Waals surface area (Å²) in [6, 6.07) is 2.26. The monoisotopic (exact) mass is 174 g/mol. The Labute approximate surface area is 70.7 Å². The molecule has 0 saturated carbocycles. The Morgan fingerprint density at radius 3 is 2.00 bits per heavy atom. The molecule has 0 saturated heterocycles. The molecule has 0 aliphatic carbocycles. The number of carbonyl (C=O) groups excluding carboxylic acids is 1. The number of hydrogen-bond acceptors (Lipinski definition) is 2. The van der Waals surface area contributed by atoms with Crippen LogP contribution in [0.2, 0.25) is 12.1 Å². The highest BCUT2D eigenvalue weighted by molar-refractivity contribution is 6.53. The Morgan fingerprint density at radius 2 is 1.73 bits per heavy atom. The van der Waals surface area contributed by atoms with Gasteiger partial charge in [-0.05, 0) is 12.1 Å². The predicted octanol–water partition coefficient (Wildman–Crippen LogP) is 2.09. The Kier molecular flexibility index (Phi) is 6.22. The van der Waals surface area contributed by atoms with Crippen LogP contribution in [0.1, 0.15) is 33.6 Å². The van der Waals surface area contributed by atoms with E-state index in [9.17, 15) is 4.79 Å². The van der Waals surface area contributed by atoms with Crippen molar-refractivity contribution in [2.24, 2.45) is 0 Å². The van der Waals surface area contributed by atoms with E-state index in [-0.39, 0.29) is 5.97 Å². The lowest BCUT2D eigenvalue weighted by atomic mass is 10.6. The number of hydrogen-bond donors (Lipinski definition) is 0. The molecule has 0 aromatic carbocycles. The van der Waals surface area contributed by atoms with Crippen molar-refractivity contribution in [1.82, 2.24) is 0 Å². The molecule has 0 amide bonds. The van der Waals surface area contributed by atoms with Gasteiger partial charge in [0.1, 0.15) is 0 Å². The standard InChI is InChI=1S/C8H18O2Si/c1-4-6-11(7-5-2)10-8(3)9/h11H,4-7H2,1-3H3. The van der Waals surface area contributed by atoms with E-state index >= 15 is 0 Å². The van der Waals surface area contributed by atoms with Crippen molar-refractivity contribution in [1.29, 1.82) is 0 Å². The van der Waals surface area contributed by atoms with Crippen LogP contribution in [0.3, 0.4) is 0 Å². The van der Waals surface area contributed by atoms with Crippen molar-refractivity contribution in [2.75, 3.05) is 0 Å². The molecule has 0 fully saturated rings. The first-order valence-electron chi connectivity index (χ1n) is 4.37. The van der Waals surface area contributed by atoms with Gasteiger partial charge in [-0.15, -0.1) is 0 Å². The van der Waals surface area contributed by atoms with Gasteiger partial charge >= 0.3 is 0 Å². The summed E-state index contributed by atoms with van der Waals surface area (Å²) in [4.78, 5) is 10.6. The van der Waals surface area contributed by atoms with Crippen LogP contribution in [0.4, 0.5) is 0 Å². The minimum atomic E-state index is -1.14. The molecule has 0 unspecified atom stereocenters. The summed E-state index contributed by atoms with van der Waals surface area (Å²) in [6.07, 6.45) is 2.29. The SMILES string of the molecule is CCC[SiH](CCC)OC(C)=O. The first-order chi connectivity index (χ1) is 5.20. The van der Waals surface area contributed by atoms with Crippen molar-refractivity contribution in [3.05, 3.63) is 0 Å². The minimum Gasteiger partial charge on any atom is -0.522 e. The van der Waals surface area contributed by atoms with E-state index in [1.54, 1.807) is 0 Å². The van der Waals surface area contributed by atoms with Gasteiger partial charge in [0.05, 0.1) is 0 Å². The van der Waals surface area contributed by atoms with Gasteiger partial charge in [0, 0.05) is 6.92 Å². The lowest BCUT2D eigenvalue weighted by Gasteiger charge is -2.12. The van der Waals surface area contributed by atoms with Crippen molar-refractivity contribution < 1.29 is 9.22 Å². The summed E-state index contributed by atoms with van der Waals surface area (Å²) in [5, 5.41) is 0. The molecule has 0 aliphatic heterocycles. The predicted molar refractivity (Wildman–Crippen MR) is 49.1 cm³/mol. The molecule has 0 aromatic heterocycles. The molecule has 0 aliphatic rings. The van der Waals surface area contributed by atoms with Crippen molar-refractivity contribution >= 4 is 15.0 Å². The van der Waals surface area contributed by atoms with Gasteiger partial charge in [-0.3, -0.25) is 4.79 Å². The van der Waals surface area contributed by atoms with Crippen molar-refractivity contribution in [3.63, 3.8) is 0 Å². The maximum atomic E-state index is 10.6. The lowest BCUT2D eigenvalue weighted by Crippen LogP contribution is -2.19. The van der Waals surface area contributed by atoms with E-state index in [2.05, 4.69) is 13.8 Å². The maximum Gasteiger partial charge on any atom is 0.289 e. The zero-order chi connectivity index (χ0) is 8.69. The van der Waals surface area contributed by atoms with E-state index in [0.29, 0.717) is 0 Å². The molecule has 2 nitrogen and oxygen atoms in total. The zero-order valence-electron chi connectivity index (χ0n) is 7.72. The molecule has 0 spiro atoms. The van der Waals surface area contributed by atoms with Gasteiger partial charge < -0.3 is 4.43 Å². The molecular formula is C8H18O2Si. The minimum absolute atomic E-state index is 0.0939. The molecule has 0 radical (unpaired) electrons. The third kappa shape index (κ3) is 6.10. The van der Waals surface area contributed by atoms with E-state index in [1.165, 1.54) is 6.92 Å². The zero-order valence-corrected chi connectivity index (χ0v) is 8.88. The van der Waals surface area contributed by atoms with Crippen LogP contribution in [0.15, 0.2) is 0 Å². The fourth-order valence-corrected chi connectivity index (χ4v) is 3.42. The maximum absolute atomic E-state index is 10.6. The summed E-state index contributed by atoms with van der Waals surface area (Å²) in [5.41, 5.74) is 0. The quantitative estimate of drug-likeness (QED) is 0.597. The van der Waals surface area contributed by atoms with Crippen molar-refractivity contribution in [3.8, 4) is 0 Å². The van der Waals surface area contributed by atoms with Gasteiger partial charge in [-0.1, -0.05) is 26.7 Å². The second kappa shape index (κ2) is 6.40. The molecule has 0 bridgehead atoms. The first kappa shape index (κ1) is 10.7. The Balaban J connectivity index is 3.59. The average molecular weight is 174 g/mol. The highest BCUT2D eigenvalue weighted by Gasteiger charge is 2.11. The Hall–Kier alpha value is -0.313. The third-order valence-corrected chi connectivity index (χ3v) is 4.66. The molecule has 0 rings (SSSR count). The third-order valence-electron chi connectivity index (χ3n) is 1.55. The molecule has 0 atom stereocenters. The van der Waals surface area contributed by atoms with Crippen molar-refractivity contribution in [2.45, 2.75) is 45.7 Å². The second-order valence-electron chi connectivity index (χ2n) is 2.81. The molecule has 3 heteroatoms. The normalized spacial score (nSPS) is 10.2. The highest BCUT2D eigenvalue weighted by Crippen LogP contribution is 2.07. The first-order valence-corrected chi connectivity index (χ1v) is 6.48. The van der Waals surface area contributed by atoms with Gasteiger partial charge in [0.2, 0.25) is 9.04 Å². The van der Waals surface area contributed by atoms with Gasteiger partial charge in [0.15, 0.2) is 0 Å². The highest BCUT2D eigenvalue weighted by atomic mass is 28.3. The molecule has 11 heavy (non-hydrogen) atoms. The fourth-order valence-electron chi connectivity index (χ4n) is 1.14. The van der Waals surface area contributed by atoms with Crippen LogP contribution in [-0.2, 0) is 9.22 Å². The van der Waals surface area contributed by atoms with E-state index in [4.69, 9.17) is 4.43 Å². The summed E-state index contributed by atoms with van der Waals surface area (Å²) < 4.78 is 5.23. The largest absolute Gasteiger partial charge is 0.522 e. The van der Waals surface area contributed by atoms with Gasteiger partial charge in [-0.25, -0.2) is 0 Å². The van der Waals surface area contributed by atoms with Crippen LogP contribution in [0.5, 0.6) is 0 Å². The summed E-state index contributed by atoms with van der Waals surface area (Å²) in [6.45, 7) is 5.78. The Bertz CT molecular complexity index is 109. The van der Waals surface area contributed by atoms with Crippen LogP contribution >= 0.6 is 0 Å². The van der Waals surface area contributed by atoms with E-state index in [0.717, 1.165) is 24.9 Å². The topological polar surface area (TPSA) is 26.3 Å².